The maximum atomic E-state index is 11.0. The molecule has 0 unspecified atom stereocenters. The minimum atomic E-state index is -0.418. The van der Waals surface area contributed by atoms with Crippen molar-refractivity contribution in [3.05, 3.63) is 72.1 Å². The monoisotopic (exact) mass is 372 g/mol. The number of piperidine rings is 1. The van der Waals surface area contributed by atoms with E-state index in [0.29, 0.717) is 6.54 Å². The Bertz CT molecular complexity index is 1140. The van der Waals surface area contributed by atoms with Crippen LogP contribution in [0.3, 0.4) is 0 Å². The fourth-order valence-electron chi connectivity index (χ4n) is 4.32. The normalized spacial score (nSPS) is 20.1. The number of fused-ring (bicyclic) bond motifs is 2. The van der Waals surface area contributed by atoms with E-state index in [1.165, 1.54) is 16.3 Å². The summed E-state index contributed by atoms with van der Waals surface area (Å²) in [5.74, 6) is 1.17. The van der Waals surface area contributed by atoms with Gasteiger partial charge in [0.05, 0.1) is 12.3 Å². The minimum absolute atomic E-state index is 0.154. The lowest BCUT2D eigenvalue weighted by Crippen LogP contribution is -2.43. The zero-order chi connectivity index (χ0) is 19.1. The Morgan fingerprint density at radius 2 is 1.93 bits per heavy atom. The summed E-state index contributed by atoms with van der Waals surface area (Å²) in [5.41, 5.74) is 3.13. The van der Waals surface area contributed by atoms with Crippen LogP contribution in [-0.2, 0) is 6.42 Å². The number of hydrogen-bond donors (Lipinski definition) is 1. The Kier molecular flexibility index (Phi) is 4.24. The summed E-state index contributed by atoms with van der Waals surface area (Å²) in [6, 6.07) is 19.0. The first-order valence-electron chi connectivity index (χ1n) is 9.98. The van der Waals surface area contributed by atoms with Crippen molar-refractivity contribution in [2.45, 2.75) is 31.8 Å². The van der Waals surface area contributed by atoms with Gasteiger partial charge in [-0.25, -0.2) is 4.98 Å². The highest BCUT2D eigenvalue weighted by atomic mass is 16.3. The molecule has 4 aromatic rings. The van der Waals surface area contributed by atoms with E-state index < -0.39 is 6.10 Å². The molecule has 28 heavy (non-hydrogen) atoms. The number of aliphatic hydroxyl groups excluding tert-OH is 1. The van der Waals surface area contributed by atoms with Crippen molar-refractivity contribution < 1.29 is 5.11 Å². The van der Waals surface area contributed by atoms with Crippen molar-refractivity contribution in [1.82, 2.24) is 14.6 Å². The molecule has 2 aromatic heterocycles. The number of β-amino-alcohol motifs (C(OH)–C–C–N with tert-alkyl or cyclic N) is 1. The van der Waals surface area contributed by atoms with Crippen LogP contribution >= 0.6 is 0 Å². The summed E-state index contributed by atoms with van der Waals surface area (Å²) in [6.45, 7) is 3.59. The molecular weight excluding hydrogens is 348 g/mol. The molecule has 0 spiro atoms. The fraction of sp³-hybridized carbons (Fsp3) is 0.304. The number of aliphatic hydroxyl groups is 1. The van der Waals surface area contributed by atoms with E-state index in [1.54, 1.807) is 6.20 Å². The molecule has 5 heteroatoms. The van der Waals surface area contributed by atoms with Crippen molar-refractivity contribution in [2.24, 2.45) is 0 Å². The zero-order valence-corrected chi connectivity index (χ0v) is 16.0. The van der Waals surface area contributed by atoms with E-state index in [4.69, 9.17) is 0 Å². The van der Waals surface area contributed by atoms with Gasteiger partial charge in [0, 0.05) is 36.8 Å². The van der Waals surface area contributed by atoms with Gasteiger partial charge in [0.1, 0.15) is 5.82 Å². The van der Waals surface area contributed by atoms with Gasteiger partial charge < -0.3 is 10.0 Å². The van der Waals surface area contributed by atoms with Crippen LogP contribution in [0.15, 0.2) is 60.8 Å². The fourth-order valence-corrected chi connectivity index (χ4v) is 4.32. The van der Waals surface area contributed by atoms with Gasteiger partial charge in [-0.1, -0.05) is 49.4 Å². The highest BCUT2D eigenvalue weighted by Crippen LogP contribution is 2.32. The Balaban J connectivity index is 1.43. The van der Waals surface area contributed by atoms with E-state index in [9.17, 15) is 5.11 Å². The van der Waals surface area contributed by atoms with Gasteiger partial charge in [-0.3, -0.25) is 0 Å². The number of aryl methyl sites for hydroxylation is 1. The van der Waals surface area contributed by atoms with Crippen molar-refractivity contribution in [3.63, 3.8) is 0 Å². The van der Waals surface area contributed by atoms with Gasteiger partial charge in [0.25, 0.3) is 0 Å². The molecule has 1 aliphatic heterocycles. The van der Waals surface area contributed by atoms with Crippen molar-refractivity contribution in [1.29, 1.82) is 0 Å². The number of benzene rings is 2. The first-order valence-corrected chi connectivity index (χ1v) is 9.98. The van der Waals surface area contributed by atoms with Gasteiger partial charge in [0.15, 0.2) is 5.65 Å². The number of hydrogen-bond acceptors (Lipinski definition) is 4. The van der Waals surface area contributed by atoms with Crippen molar-refractivity contribution in [3.8, 4) is 0 Å². The van der Waals surface area contributed by atoms with Crippen LogP contribution in [-0.4, -0.2) is 38.9 Å². The van der Waals surface area contributed by atoms with E-state index in [0.717, 1.165) is 36.5 Å². The second kappa shape index (κ2) is 6.91. The number of anilines is 1. The molecule has 0 aliphatic carbocycles. The molecule has 1 aliphatic rings. The van der Waals surface area contributed by atoms with Crippen LogP contribution in [0.25, 0.3) is 16.4 Å². The van der Waals surface area contributed by atoms with Crippen LogP contribution in [0.4, 0.5) is 5.82 Å². The predicted octanol–water partition coefficient (Wildman–Crippen LogP) is 3.80. The predicted molar refractivity (Wildman–Crippen MR) is 112 cm³/mol. The first kappa shape index (κ1) is 17.2. The topological polar surface area (TPSA) is 53.7 Å². The molecule has 0 amide bonds. The van der Waals surface area contributed by atoms with Gasteiger partial charge in [-0.2, -0.15) is 9.61 Å². The van der Waals surface area contributed by atoms with Gasteiger partial charge >= 0.3 is 0 Å². The standard InChI is InChI=1S/C23H24N4O/c1-2-19-14-23(27-22(25-19)9-11-24-27)26-12-10-20(21(28)15-26)18-8-7-16-5-3-4-6-17(16)13-18/h3-9,11,13-14,20-21,28H,2,10,12,15H2,1H3/t20-,21+/m0/s1. The molecule has 5 nitrogen and oxygen atoms in total. The maximum absolute atomic E-state index is 11.0. The molecule has 3 heterocycles. The van der Waals surface area contributed by atoms with E-state index in [2.05, 4.69) is 70.4 Å². The molecule has 2 aromatic carbocycles. The highest BCUT2D eigenvalue weighted by molar-refractivity contribution is 5.83. The lowest BCUT2D eigenvalue weighted by Gasteiger charge is -2.37. The highest BCUT2D eigenvalue weighted by Gasteiger charge is 2.30. The molecule has 1 N–H and O–H groups in total. The molecule has 5 rings (SSSR count). The lowest BCUT2D eigenvalue weighted by molar-refractivity contribution is 0.129. The summed E-state index contributed by atoms with van der Waals surface area (Å²) in [4.78, 5) is 6.87. The molecule has 1 saturated heterocycles. The number of rotatable bonds is 3. The van der Waals surface area contributed by atoms with E-state index >= 15 is 0 Å². The third-order valence-electron chi connectivity index (χ3n) is 5.86. The third-order valence-corrected chi connectivity index (χ3v) is 5.86. The molecule has 2 atom stereocenters. The lowest BCUT2D eigenvalue weighted by atomic mass is 9.86. The second-order valence-electron chi connectivity index (χ2n) is 7.58. The smallest absolute Gasteiger partial charge is 0.157 e. The van der Waals surface area contributed by atoms with Crippen molar-refractivity contribution in [2.75, 3.05) is 18.0 Å². The summed E-state index contributed by atoms with van der Waals surface area (Å²) in [7, 11) is 0. The van der Waals surface area contributed by atoms with Crippen LogP contribution in [0, 0.1) is 0 Å². The van der Waals surface area contributed by atoms with Crippen molar-refractivity contribution >= 4 is 22.2 Å². The Labute approximate surface area is 164 Å². The number of aromatic nitrogens is 3. The van der Waals surface area contributed by atoms with Crippen LogP contribution in [0.2, 0.25) is 0 Å². The van der Waals surface area contributed by atoms with Crippen LogP contribution in [0.5, 0.6) is 0 Å². The largest absolute Gasteiger partial charge is 0.391 e. The molecule has 1 fully saturated rings. The third kappa shape index (κ3) is 2.92. The molecule has 142 valence electrons. The molecular formula is C23H24N4O. The maximum Gasteiger partial charge on any atom is 0.157 e. The Hall–Kier alpha value is -2.92. The molecule has 0 radical (unpaired) electrons. The summed E-state index contributed by atoms with van der Waals surface area (Å²) >= 11 is 0. The second-order valence-corrected chi connectivity index (χ2v) is 7.58. The van der Waals surface area contributed by atoms with Gasteiger partial charge in [-0.05, 0) is 29.2 Å². The van der Waals surface area contributed by atoms with Gasteiger partial charge in [0.2, 0.25) is 0 Å². The summed E-state index contributed by atoms with van der Waals surface area (Å²) < 4.78 is 1.88. The van der Waals surface area contributed by atoms with E-state index in [-0.39, 0.29) is 5.92 Å². The van der Waals surface area contributed by atoms with Crippen LogP contribution in [0.1, 0.15) is 30.5 Å². The SMILES string of the molecule is CCc1cc(N2CC[C@@H](c3ccc4ccccc4c3)[C@H](O)C2)n2nccc2n1. The molecule has 0 bridgehead atoms. The minimum Gasteiger partial charge on any atom is -0.391 e. The average molecular weight is 372 g/mol. The Morgan fingerprint density at radius 3 is 2.75 bits per heavy atom. The molecule has 0 saturated carbocycles. The zero-order valence-electron chi connectivity index (χ0n) is 16.0. The number of nitrogens with zero attached hydrogens (tertiary/aromatic N) is 4. The van der Waals surface area contributed by atoms with Gasteiger partial charge in [-0.15, -0.1) is 0 Å². The van der Waals surface area contributed by atoms with Crippen LogP contribution < -0.4 is 4.90 Å². The first-order chi connectivity index (χ1) is 13.7. The quantitative estimate of drug-likeness (QED) is 0.594. The summed E-state index contributed by atoms with van der Waals surface area (Å²) in [5, 5.41) is 17.9. The Morgan fingerprint density at radius 1 is 1.07 bits per heavy atom. The average Bonchev–Trinajstić information content (AvgIpc) is 3.21. The van der Waals surface area contributed by atoms with E-state index in [1.807, 2.05) is 10.6 Å². The summed E-state index contributed by atoms with van der Waals surface area (Å²) in [6.07, 6.45) is 3.15.